The molecule has 0 aromatic heterocycles. The maximum atomic E-state index is 11.4. The standard InChI is InChI=1S/C14H19NO3/c1-14(13(16)17,11-6-7-11)15-12-5-3-4-10(8-12)9-18-2/h3-5,8,11,15H,6-7,9H2,1-2H3,(H,16,17). The number of carboxylic acid groups (broad SMARTS) is 1. The van der Waals surface area contributed by atoms with Gasteiger partial charge in [-0.25, -0.2) is 4.79 Å². The van der Waals surface area contributed by atoms with Crippen LogP contribution in [0.1, 0.15) is 25.3 Å². The highest BCUT2D eigenvalue weighted by Crippen LogP contribution is 2.41. The van der Waals surface area contributed by atoms with Gasteiger partial charge in [-0.1, -0.05) is 12.1 Å². The van der Waals surface area contributed by atoms with Gasteiger partial charge in [0.25, 0.3) is 0 Å². The summed E-state index contributed by atoms with van der Waals surface area (Å²) < 4.78 is 5.08. The predicted molar refractivity (Wildman–Crippen MR) is 69.5 cm³/mol. The Balaban J connectivity index is 2.16. The number of nitrogens with one attached hydrogen (secondary N) is 1. The molecule has 1 aliphatic rings. The molecule has 1 fully saturated rings. The average Bonchev–Trinajstić information content (AvgIpc) is 3.13. The monoisotopic (exact) mass is 249 g/mol. The maximum absolute atomic E-state index is 11.4. The second-order valence-electron chi connectivity index (χ2n) is 5.04. The minimum Gasteiger partial charge on any atom is -0.480 e. The van der Waals surface area contributed by atoms with E-state index in [-0.39, 0.29) is 5.92 Å². The molecule has 0 radical (unpaired) electrons. The molecule has 4 heteroatoms. The van der Waals surface area contributed by atoms with Gasteiger partial charge in [0.2, 0.25) is 0 Å². The minimum absolute atomic E-state index is 0.223. The van der Waals surface area contributed by atoms with Crippen LogP contribution in [-0.4, -0.2) is 23.7 Å². The number of hydrogen-bond donors (Lipinski definition) is 2. The Morgan fingerprint density at radius 2 is 2.28 bits per heavy atom. The van der Waals surface area contributed by atoms with Crippen LogP contribution in [0.2, 0.25) is 0 Å². The summed E-state index contributed by atoms with van der Waals surface area (Å²) in [6, 6.07) is 7.70. The lowest BCUT2D eigenvalue weighted by Gasteiger charge is -2.27. The van der Waals surface area contributed by atoms with Crippen LogP contribution in [0, 0.1) is 5.92 Å². The van der Waals surface area contributed by atoms with Crippen molar-refractivity contribution in [1.82, 2.24) is 0 Å². The van der Waals surface area contributed by atoms with E-state index >= 15 is 0 Å². The molecule has 1 aromatic rings. The number of benzene rings is 1. The number of rotatable bonds is 6. The Bertz CT molecular complexity index is 442. The third kappa shape index (κ3) is 2.64. The van der Waals surface area contributed by atoms with E-state index in [0.29, 0.717) is 6.61 Å². The smallest absolute Gasteiger partial charge is 0.329 e. The van der Waals surface area contributed by atoms with Gasteiger partial charge in [-0.15, -0.1) is 0 Å². The lowest BCUT2D eigenvalue weighted by molar-refractivity contribution is -0.142. The quantitative estimate of drug-likeness (QED) is 0.813. The van der Waals surface area contributed by atoms with Crippen LogP contribution in [0.4, 0.5) is 5.69 Å². The molecule has 18 heavy (non-hydrogen) atoms. The van der Waals surface area contributed by atoms with Crippen molar-refractivity contribution in [2.75, 3.05) is 12.4 Å². The molecule has 0 heterocycles. The molecule has 0 spiro atoms. The number of hydrogen-bond acceptors (Lipinski definition) is 3. The Kier molecular flexibility index (Phi) is 3.57. The molecule has 2 rings (SSSR count). The fourth-order valence-corrected chi connectivity index (χ4v) is 2.20. The minimum atomic E-state index is -0.869. The predicted octanol–water partition coefficient (Wildman–Crippen LogP) is 2.50. The van der Waals surface area contributed by atoms with Crippen molar-refractivity contribution in [3.63, 3.8) is 0 Å². The molecule has 1 unspecified atom stereocenters. The molecule has 0 bridgehead atoms. The lowest BCUT2D eigenvalue weighted by atomic mass is 9.95. The van der Waals surface area contributed by atoms with Crippen molar-refractivity contribution in [3.05, 3.63) is 29.8 Å². The van der Waals surface area contributed by atoms with E-state index < -0.39 is 11.5 Å². The van der Waals surface area contributed by atoms with E-state index in [0.717, 1.165) is 24.1 Å². The van der Waals surface area contributed by atoms with E-state index in [4.69, 9.17) is 4.74 Å². The van der Waals surface area contributed by atoms with E-state index in [1.54, 1.807) is 14.0 Å². The van der Waals surface area contributed by atoms with Crippen molar-refractivity contribution in [2.24, 2.45) is 5.92 Å². The normalized spacial score (nSPS) is 18.1. The molecule has 98 valence electrons. The zero-order chi connectivity index (χ0) is 13.2. The van der Waals surface area contributed by atoms with Crippen LogP contribution < -0.4 is 5.32 Å². The molecular weight excluding hydrogens is 230 g/mol. The Morgan fingerprint density at radius 3 is 2.83 bits per heavy atom. The van der Waals surface area contributed by atoms with Gasteiger partial charge in [0, 0.05) is 12.8 Å². The molecule has 1 aliphatic carbocycles. The highest BCUT2D eigenvalue weighted by molar-refractivity contribution is 5.83. The van der Waals surface area contributed by atoms with Gasteiger partial charge in [-0.05, 0) is 43.4 Å². The largest absolute Gasteiger partial charge is 0.480 e. The summed E-state index contributed by atoms with van der Waals surface area (Å²) in [6.45, 7) is 2.29. The zero-order valence-corrected chi connectivity index (χ0v) is 10.8. The Labute approximate surface area is 107 Å². The Morgan fingerprint density at radius 1 is 1.56 bits per heavy atom. The van der Waals surface area contributed by atoms with Crippen LogP contribution in [0.3, 0.4) is 0 Å². The summed E-state index contributed by atoms with van der Waals surface area (Å²) >= 11 is 0. The fourth-order valence-electron chi connectivity index (χ4n) is 2.20. The number of methoxy groups -OCH3 is 1. The SMILES string of the molecule is COCc1cccc(NC(C)(C(=O)O)C2CC2)c1. The van der Waals surface area contributed by atoms with Gasteiger partial charge in [-0.2, -0.15) is 0 Å². The highest BCUT2D eigenvalue weighted by atomic mass is 16.5. The van der Waals surface area contributed by atoms with E-state index in [1.165, 1.54) is 0 Å². The molecule has 4 nitrogen and oxygen atoms in total. The van der Waals surface area contributed by atoms with Crippen molar-refractivity contribution in [2.45, 2.75) is 31.9 Å². The maximum Gasteiger partial charge on any atom is 0.329 e. The first-order valence-electron chi connectivity index (χ1n) is 6.15. The average molecular weight is 249 g/mol. The summed E-state index contributed by atoms with van der Waals surface area (Å²) in [4.78, 5) is 11.4. The summed E-state index contributed by atoms with van der Waals surface area (Å²) in [5.41, 5.74) is 0.999. The van der Waals surface area contributed by atoms with E-state index in [1.807, 2.05) is 24.3 Å². The van der Waals surface area contributed by atoms with Gasteiger partial charge < -0.3 is 15.2 Å². The Hall–Kier alpha value is -1.55. The van der Waals surface area contributed by atoms with Gasteiger partial charge in [0.15, 0.2) is 0 Å². The van der Waals surface area contributed by atoms with Gasteiger partial charge in [0.05, 0.1) is 6.61 Å². The zero-order valence-electron chi connectivity index (χ0n) is 10.8. The molecule has 1 atom stereocenters. The summed E-state index contributed by atoms with van der Waals surface area (Å²) in [5.74, 6) is -0.566. The summed E-state index contributed by atoms with van der Waals surface area (Å²) in [5, 5.41) is 12.6. The molecule has 0 saturated heterocycles. The van der Waals surface area contributed by atoms with Gasteiger partial charge in [-0.3, -0.25) is 0 Å². The molecule has 0 aliphatic heterocycles. The third-order valence-electron chi connectivity index (χ3n) is 3.48. The summed E-state index contributed by atoms with van der Waals surface area (Å²) in [7, 11) is 1.64. The number of anilines is 1. The molecule has 1 aromatic carbocycles. The van der Waals surface area contributed by atoms with Crippen LogP contribution in [0.5, 0.6) is 0 Å². The van der Waals surface area contributed by atoms with E-state index in [2.05, 4.69) is 5.32 Å². The third-order valence-corrected chi connectivity index (χ3v) is 3.48. The van der Waals surface area contributed by atoms with Gasteiger partial charge in [0.1, 0.15) is 5.54 Å². The molecular formula is C14H19NO3. The molecule has 2 N–H and O–H groups in total. The summed E-state index contributed by atoms with van der Waals surface area (Å²) in [6.07, 6.45) is 1.96. The first kappa shape index (κ1) is 12.9. The first-order valence-corrected chi connectivity index (χ1v) is 6.15. The lowest BCUT2D eigenvalue weighted by Crippen LogP contribution is -2.45. The number of ether oxygens (including phenoxy) is 1. The first-order chi connectivity index (χ1) is 8.56. The van der Waals surface area contributed by atoms with Crippen molar-refractivity contribution >= 4 is 11.7 Å². The number of aliphatic carboxylic acids is 1. The van der Waals surface area contributed by atoms with Crippen LogP contribution in [0.15, 0.2) is 24.3 Å². The second kappa shape index (κ2) is 4.98. The molecule has 0 amide bonds. The van der Waals surface area contributed by atoms with Crippen molar-refractivity contribution in [1.29, 1.82) is 0 Å². The van der Waals surface area contributed by atoms with Crippen molar-refractivity contribution < 1.29 is 14.6 Å². The topological polar surface area (TPSA) is 58.6 Å². The number of carbonyl (C=O) groups is 1. The number of carboxylic acids is 1. The highest BCUT2D eigenvalue weighted by Gasteiger charge is 2.47. The van der Waals surface area contributed by atoms with Crippen LogP contribution >= 0.6 is 0 Å². The molecule has 1 saturated carbocycles. The van der Waals surface area contributed by atoms with Crippen LogP contribution in [-0.2, 0) is 16.1 Å². The van der Waals surface area contributed by atoms with Gasteiger partial charge >= 0.3 is 5.97 Å². The fraction of sp³-hybridized carbons (Fsp3) is 0.500. The van der Waals surface area contributed by atoms with Crippen molar-refractivity contribution in [3.8, 4) is 0 Å². The van der Waals surface area contributed by atoms with Crippen LogP contribution in [0.25, 0.3) is 0 Å². The van der Waals surface area contributed by atoms with E-state index in [9.17, 15) is 9.90 Å². The second-order valence-corrected chi connectivity index (χ2v) is 5.04.